The maximum Gasteiger partial charge on any atom is 0.304 e. The van der Waals surface area contributed by atoms with Gasteiger partial charge in [-0.15, -0.1) is 0 Å². The molecule has 0 bridgehead atoms. The van der Waals surface area contributed by atoms with Gasteiger partial charge in [0, 0.05) is 3.42 Å². The Balaban J connectivity index is 3.55. The summed E-state index contributed by atoms with van der Waals surface area (Å²) >= 11 is 2.11. The maximum absolute atomic E-state index is 10.0. The van der Waals surface area contributed by atoms with E-state index in [2.05, 4.69) is 22.6 Å². The van der Waals surface area contributed by atoms with Crippen LogP contribution in [0.25, 0.3) is 0 Å². The van der Waals surface area contributed by atoms with Crippen LogP contribution in [0.5, 0.6) is 0 Å². The summed E-state index contributed by atoms with van der Waals surface area (Å²) < 4.78 is -0.108. The summed E-state index contributed by atoms with van der Waals surface area (Å²) in [6.07, 6.45) is 0.230. The van der Waals surface area contributed by atoms with Crippen LogP contribution in [0.15, 0.2) is 0 Å². The summed E-state index contributed by atoms with van der Waals surface area (Å²) in [6, 6.07) is 0. The lowest BCUT2D eigenvalue weighted by molar-refractivity contribution is -0.137. The van der Waals surface area contributed by atoms with Gasteiger partial charge in [-0.3, -0.25) is 4.79 Å². The minimum absolute atomic E-state index is 0.108. The zero-order valence-electron chi connectivity index (χ0n) is 4.94. The number of alkyl halides is 1. The molecule has 1 N–H and O–H groups in total. The van der Waals surface area contributed by atoms with Crippen molar-refractivity contribution in [2.75, 3.05) is 0 Å². The quantitative estimate of drug-likeness (QED) is 0.576. The minimum atomic E-state index is -0.732. The van der Waals surface area contributed by atoms with Gasteiger partial charge in [0.05, 0.1) is 6.42 Å². The molecule has 0 aliphatic carbocycles. The Morgan fingerprint density at radius 1 is 1.75 bits per heavy atom. The zero-order chi connectivity index (χ0) is 6.78. The lowest BCUT2D eigenvalue weighted by Gasteiger charge is -2.10. The predicted octanol–water partition coefficient (Wildman–Crippen LogP) is 1.67. The average Bonchev–Trinajstić information content (AvgIpc) is 1.21. The molecule has 0 atom stereocenters. The van der Waals surface area contributed by atoms with E-state index in [1.807, 2.05) is 13.8 Å². The average molecular weight is 228 g/mol. The Morgan fingerprint density at radius 2 is 2.12 bits per heavy atom. The molecule has 0 heterocycles. The summed E-state index contributed by atoms with van der Waals surface area (Å²) in [4.78, 5) is 10.0. The molecule has 0 amide bonds. The molecule has 0 aliphatic heterocycles. The first kappa shape index (κ1) is 8.20. The first-order valence-electron chi connectivity index (χ1n) is 2.32. The molecule has 2 nitrogen and oxygen atoms in total. The molecule has 0 saturated heterocycles. The van der Waals surface area contributed by atoms with Gasteiger partial charge >= 0.3 is 5.97 Å². The van der Waals surface area contributed by atoms with E-state index >= 15 is 0 Å². The number of hydrogen-bond donors (Lipinski definition) is 1. The van der Waals surface area contributed by atoms with Crippen molar-refractivity contribution in [2.45, 2.75) is 23.7 Å². The van der Waals surface area contributed by atoms with Crippen molar-refractivity contribution in [3.63, 3.8) is 0 Å². The molecule has 48 valence electrons. The molecule has 0 aromatic carbocycles. The van der Waals surface area contributed by atoms with Gasteiger partial charge in [0.2, 0.25) is 0 Å². The van der Waals surface area contributed by atoms with Crippen LogP contribution in [-0.4, -0.2) is 14.5 Å². The summed E-state index contributed by atoms with van der Waals surface area (Å²) in [5, 5.41) is 8.24. The third kappa shape index (κ3) is 6.20. The molecule has 0 rings (SSSR count). The first-order valence-corrected chi connectivity index (χ1v) is 3.40. The van der Waals surface area contributed by atoms with Crippen molar-refractivity contribution in [1.82, 2.24) is 0 Å². The molecule has 0 aliphatic rings. The number of carboxylic acid groups (broad SMARTS) is 1. The van der Waals surface area contributed by atoms with Gasteiger partial charge < -0.3 is 5.11 Å². The van der Waals surface area contributed by atoms with Gasteiger partial charge in [0.1, 0.15) is 0 Å². The van der Waals surface area contributed by atoms with Crippen LogP contribution in [0.4, 0.5) is 0 Å². The van der Waals surface area contributed by atoms with Crippen LogP contribution >= 0.6 is 22.6 Å². The smallest absolute Gasteiger partial charge is 0.304 e. The second-order valence-electron chi connectivity index (χ2n) is 2.29. The second-order valence-corrected chi connectivity index (χ2v) is 5.21. The van der Waals surface area contributed by atoms with Crippen molar-refractivity contribution in [3.8, 4) is 0 Å². The van der Waals surface area contributed by atoms with Gasteiger partial charge in [0.15, 0.2) is 0 Å². The lowest BCUT2D eigenvalue weighted by Crippen LogP contribution is -2.14. The Labute approximate surface area is 62.4 Å². The van der Waals surface area contributed by atoms with Crippen LogP contribution < -0.4 is 0 Å². The first-order chi connectivity index (χ1) is 3.42. The Morgan fingerprint density at radius 3 is 2.12 bits per heavy atom. The van der Waals surface area contributed by atoms with E-state index in [9.17, 15) is 4.79 Å². The molecule has 0 aromatic heterocycles. The number of aliphatic carboxylic acids is 1. The highest BCUT2D eigenvalue weighted by molar-refractivity contribution is 14.1. The molecule has 0 radical (unpaired) electrons. The molecular weight excluding hydrogens is 219 g/mol. The largest absolute Gasteiger partial charge is 0.481 e. The van der Waals surface area contributed by atoms with E-state index in [1.54, 1.807) is 0 Å². The monoisotopic (exact) mass is 228 g/mol. The minimum Gasteiger partial charge on any atom is -0.481 e. The number of hydrogen-bond acceptors (Lipinski definition) is 1. The molecule has 0 saturated carbocycles. The van der Waals surface area contributed by atoms with E-state index in [1.165, 1.54) is 0 Å². The fraction of sp³-hybridized carbons (Fsp3) is 0.800. The molecule has 8 heavy (non-hydrogen) atoms. The Hall–Kier alpha value is 0.200. The Kier molecular flexibility index (Phi) is 2.73. The third-order valence-corrected chi connectivity index (χ3v) is 0.953. The van der Waals surface area contributed by atoms with Crippen molar-refractivity contribution in [1.29, 1.82) is 0 Å². The summed E-state index contributed by atoms with van der Waals surface area (Å²) in [6.45, 7) is 3.78. The molecule has 0 spiro atoms. The van der Waals surface area contributed by atoms with Gasteiger partial charge in [-0.2, -0.15) is 0 Å². The highest BCUT2D eigenvalue weighted by Crippen LogP contribution is 2.20. The van der Waals surface area contributed by atoms with Gasteiger partial charge in [0.25, 0.3) is 0 Å². The van der Waals surface area contributed by atoms with Gasteiger partial charge in [-0.25, -0.2) is 0 Å². The van der Waals surface area contributed by atoms with E-state index in [0.717, 1.165) is 0 Å². The normalized spacial score (nSPS) is 11.4. The van der Waals surface area contributed by atoms with Gasteiger partial charge in [-0.1, -0.05) is 36.4 Å². The number of halogens is 1. The number of rotatable bonds is 2. The fourth-order valence-electron chi connectivity index (χ4n) is 0.360. The van der Waals surface area contributed by atoms with Crippen molar-refractivity contribution >= 4 is 28.6 Å². The summed E-state index contributed by atoms with van der Waals surface area (Å²) in [5.41, 5.74) is 0. The number of carbonyl (C=O) groups is 1. The molecule has 0 aromatic rings. The summed E-state index contributed by atoms with van der Waals surface area (Å²) in [7, 11) is 0. The molecule has 0 fully saturated rings. The topological polar surface area (TPSA) is 37.3 Å². The second kappa shape index (κ2) is 2.66. The molecule has 3 heteroatoms. The van der Waals surface area contributed by atoms with Gasteiger partial charge in [-0.05, 0) is 0 Å². The molecular formula is C5H9IO2. The SMILES string of the molecule is CC(C)(I)CC(=O)O. The van der Waals surface area contributed by atoms with Crippen LogP contribution in [0.2, 0.25) is 0 Å². The van der Waals surface area contributed by atoms with Crippen LogP contribution in [0.1, 0.15) is 20.3 Å². The highest BCUT2D eigenvalue weighted by Gasteiger charge is 2.16. The fourth-order valence-corrected chi connectivity index (χ4v) is 0.686. The standard InChI is InChI=1S/C5H9IO2/c1-5(2,6)3-4(7)8/h3H2,1-2H3,(H,7,8). The third-order valence-electron chi connectivity index (χ3n) is 0.572. The van der Waals surface area contributed by atoms with Crippen molar-refractivity contribution in [2.24, 2.45) is 0 Å². The van der Waals surface area contributed by atoms with E-state index in [4.69, 9.17) is 5.11 Å². The van der Waals surface area contributed by atoms with E-state index in [-0.39, 0.29) is 9.84 Å². The van der Waals surface area contributed by atoms with Crippen molar-refractivity contribution in [3.05, 3.63) is 0 Å². The maximum atomic E-state index is 10.0. The van der Waals surface area contributed by atoms with Crippen LogP contribution in [0.3, 0.4) is 0 Å². The summed E-state index contributed by atoms with van der Waals surface area (Å²) in [5.74, 6) is -0.732. The number of carboxylic acids is 1. The predicted molar refractivity (Wildman–Crippen MR) is 40.4 cm³/mol. The zero-order valence-corrected chi connectivity index (χ0v) is 7.10. The van der Waals surface area contributed by atoms with E-state index in [0.29, 0.717) is 0 Å². The van der Waals surface area contributed by atoms with Crippen molar-refractivity contribution < 1.29 is 9.90 Å². The Bertz CT molecular complexity index is 93.1. The van der Waals surface area contributed by atoms with Crippen LogP contribution in [0, 0.1) is 0 Å². The molecule has 0 unspecified atom stereocenters. The highest BCUT2D eigenvalue weighted by atomic mass is 127. The van der Waals surface area contributed by atoms with E-state index < -0.39 is 5.97 Å². The van der Waals surface area contributed by atoms with Crippen LogP contribution in [-0.2, 0) is 4.79 Å². The lowest BCUT2D eigenvalue weighted by atomic mass is 10.1.